The van der Waals surface area contributed by atoms with Crippen molar-refractivity contribution in [2.75, 3.05) is 6.54 Å². The molecule has 10 heavy (non-hydrogen) atoms. The van der Waals surface area contributed by atoms with Gasteiger partial charge in [0.05, 0.1) is 0 Å². The highest BCUT2D eigenvalue weighted by molar-refractivity contribution is 5.27. The molecule has 56 valence electrons. The molecule has 0 aliphatic rings. The predicted molar refractivity (Wildman–Crippen MR) is 46.8 cm³/mol. The second-order valence-corrected chi connectivity index (χ2v) is 2.04. The molecular formula is C9H15N. The minimum absolute atomic E-state index is 0.923. The Bertz CT molecular complexity index is 154. The number of allylic oxidation sites excluding steroid dienone is 3. The van der Waals surface area contributed by atoms with Gasteiger partial charge in [0.15, 0.2) is 0 Å². The summed E-state index contributed by atoms with van der Waals surface area (Å²) >= 11 is 0. The third kappa shape index (κ3) is 2.53. The van der Waals surface area contributed by atoms with Crippen LogP contribution in [0.15, 0.2) is 36.6 Å². The Labute approximate surface area is 63.1 Å². The molecule has 0 radical (unpaired) electrons. The zero-order valence-electron chi connectivity index (χ0n) is 6.78. The summed E-state index contributed by atoms with van der Waals surface area (Å²) in [6, 6.07) is 0. The van der Waals surface area contributed by atoms with Crippen LogP contribution in [0.2, 0.25) is 0 Å². The molecule has 0 spiro atoms. The van der Waals surface area contributed by atoms with Gasteiger partial charge in [0.1, 0.15) is 0 Å². The van der Waals surface area contributed by atoms with E-state index in [0.717, 1.165) is 17.8 Å². The van der Waals surface area contributed by atoms with Crippen molar-refractivity contribution in [3.63, 3.8) is 0 Å². The summed E-state index contributed by atoms with van der Waals surface area (Å²) < 4.78 is 0. The third-order valence-corrected chi connectivity index (χ3v) is 1.30. The first-order valence-corrected chi connectivity index (χ1v) is 3.45. The highest BCUT2D eigenvalue weighted by Gasteiger charge is 1.90. The van der Waals surface area contributed by atoms with Crippen LogP contribution in [0.25, 0.3) is 0 Å². The summed E-state index contributed by atoms with van der Waals surface area (Å²) in [5.74, 6) is 0. The Balaban J connectivity index is 4.28. The summed E-state index contributed by atoms with van der Waals surface area (Å²) in [4.78, 5) is 0. The molecule has 0 atom stereocenters. The van der Waals surface area contributed by atoms with Crippen LogP contribution in [0.4, 0.5) is 0 Å². The molecule has 0 fully saturated rings. The standard InChI is InChI=1S/C9H15N/c1-5-8(4)9(6-2)10-7-3/h5-6,10H,1-2,7H2,3-4H3/b9-8+. The maximum atomic E-state index is 3.68. The molecule has 1 N–H and O–H groups in total. The summed E-state index contributed by atoms with van der Waals surface area (Å²) in [7, 11) is 0. The van der Waals surface area contributed by atoms with E-state index in [1.165, 1.54) is 0 Å². The predicted octanol–water partition coefficient (Wildman–Crippen LogP) is 2.24. The molecule has 1 nitrogen and oxygen atoms in total. The fourth-order valence-electron chi connectivity index (χ4n) is 0.673. The molecule has 1 heteroatoms. The minimum Gasteiger partial charge on any atom is -0.385 e. The lowest BCUT2D eigenvalue weighted by Gasteiger charge is -2.05. The number of likely N-dealkylation sites (N-methyl/N-ethyl adjacent to an activating group) is 1. The largest absolute Gasteiger partial charge is 0.385 e. The Hall–Kier alpha value is -0.980. The van der Waals surface area contributed by atoms with Crippen LogP contribution in [0.5, 0.6) is 0 Å². The molecule has 0 saturated heterocycles. The monoisotopic (exact) mass is 137 g/mol. The van der Waals surface area contributed by atoms with Gasteiger partial charge in [-0.1, -0.05) is 19.2 Å². The molecular weight excluding hydrogens is 122 g/mol. The van der Waals surface area contributed by atoms with Gasteiger partial charge in [-0.3, -0.25) is 0 Å². The van der Waals surface area contributed by atoms with Crippen LogP contribution in [0.1, 0.15) is 13.8 Å². The third-order valence-electron chi connectivity index (χ3n) is 1.30. The van der Waals surface area contributed by atoms with Gasteiger partial charge >= 0.3 is 0 Å². The summed E-state index contributed by atoms with van der Waals surface area (Å²) in [6.07, 6.45) is 3.63. The van der Waals surface area contributed by atoms with Gasteiger partial charge in [0, 0.05) is 12.2 Å². The molecule has 0 aromatic heterocycles. The van der Waals surface area contributed by atoms with Crippen LogP contribution in [0, 0.1) is 0 Å². The normalized spacial score (nSPS) is 11.8. The zero-order valence-corrected chi connectivity index (χ0v) is 6.78. The molecule has 0 aliphatic heterocycles. The van der Waals surface area contributed by atoms with Crippen molar-refractivity contribution in [1.82, 2.24) is 5.32 Å². The second kappa shape index (κ2) is 4.86. The van der Waals surface area contributed by atoms with Crippen LogP contribution in [-0.4, -0.2) is 6.54 Å². The fraction of sp³-hybridized carbons (Fsp3) is 0.333. The first-order chi connectivity index (χ1) is 4.76. The maximum absolute atomic E-state index is 3.68. The van der Waals surface area contributed by atoms with Gasteiger partial charge in [-0.15, -0.1) is 0 Å². The van der Waals surface area contributed by atoms with Crippen LogP contribution < -0.4 is 5.32 Å². The van der Waals surface area contributed by atoms with Gasteiger partial charge < -0.3 is 5.32 Å². The number of nitrogens with one attached hydrogen (secondary N) is 1. The molecule has 0 rings (SSSR count). The average molecular weight is 137 g/mol. The van der Waals surface area contributed by atoms with Gasteiger partial charge in [-0.2, -0.15) is 0 Å². The van der Waals surface area contributed by atoms with Crippen molar-refractivity contribution in [2.45, 2.75) is 13.8 Å². The molecule has 0 heterocycles. The molecule has 0 aliphatic carbocycles. The van der Waals surface area contributed by atoms with Crippen LogP contribution in [0.3, 0.4) is 0 Å². The van der Waals surface area contributed by atoms with E-state index in [9.17, 15) is 0 Å². The Morgan fingerprint density at radius 1 is 1.40 bits per heavy atom. The molecule has 0 aromatic carbocycles. The highest BCUT2D eigenvalue weighted by atomic mass is 14.9. The van der Waals surface area contributed by atoms with E-state index in [1.54, 1.807) is 6.08 Å². The van der Waals surface area contributed by atoms with Crippen LogP contribution >= 0.6 is 0 Å². The van der Waals surface area contributed by atoms with Crippen molar-refractivity contribution < 1.29 is 0 Å². The highest BCUT2D eigenvalue weighted by Crippen LogP contribution is 2.01. The summed E-state index contributed by atoms with van der Waals surface area (Å²) in [6.45, 7) is 12.3. The Morgan fingerprint density at radius 2 is 2.00 bits per heavy atom. The SMILES string of the molecule is C=C/C(C)=C(\C=C)NCC. The minimum atomic E-state index is 0.923. The number of hydrogen-bond donors (Lipinski definition) is 1. The fourth-order valence-corrected chi connectivity index (χ4v) is 0.673. The summed E-state index contributed by atoms with van der Waals surface area (Å²) in [5, 5.41) is 3.17. The van der Waals surface area contributed by atoms with Crippen molar-refractivity contribution in [2.24, 2.45) is 0 Å². The quantitative estimate of drug-likeness (QED) is 0.586. The molecule has 0 aromatic rings. The van der Waals surface area contributed by atoms with E-state index in [4.69, 9.17) is 0 Å². The molecule has 0 bridgehead atoms. The van der Waals surface area contributed by atoms with E-state index in [0.29, 0.717) is 0 Å². The molecule has 0 unspecified atom stereocenters. The van der Waals surface area contributed by atoms with Gasteiger partial charge in [-0.25, -0.2) is 0 Å². The van der Waals surface area contributed by atoms with Crippen molar-refractivity contribution in [3.05, 3.63) is 36.6 Å². The van der Waals surface area contributed by atoms with Gasteiger partial charge in [-0.05, 0) is 25.5 Å². The maximum Gasteiger partial charge on any atom is 0.0363 e. The molecule has 0 saturated carbocycles. The number of hydrogen-bond acceptors (Lipinski definition) is 1. The summed E-state index contributed by atoms with van der Waals surface area (Å²) in [5.41, 5.74) is 2.20. The Morgan fingerprint density at radius 3 is 2.30 bits per heavy atom. The average Bonchev–Trinajstić information content (AvgIpc) is 1.99. The second-order valence-electron chi connectivity index (χ2n) is 2.04. The van der Waals surface area contributed by atoms with Crippen molar-refractivity contribution >= 4 is 0 Å². The number of rotatable bonds is 4. The topological polar surface area (TPSA) is 12.0 Å². The van der Waals surface area contributed by atoms with Crippen molar-refractivity contribution in [1.29, 1.82) is 0 Å². The smallest absolute Gasteiger partial charge is 0.0363 e. The first-order valence-electron chi connectivity index (χ1n) is 3.45. The van der Waals surface area contributed by atoms with Crippen molar-refractivity contribution in [3.8, 4) is 0 Å². The lowest BCUT2D eigenvalue weighted by molar-refractivity contribution is 0.870. The lowest BCUT2D eigenvalue weighted by atomic mass is 10.2. The molecule has 0 amide bonds. The lowest BCUT2D eigenvalue weighted by Crippen LogP contribution is -2.11. The van der Waals surface area contributed by atoms with Gasteiger partial charge in [0.25, 0.3) is 0 Å². The van der Waals surface area contributed by atoms with E-state index < -0.39 is 0 Å². The van der Waals surface area contributed by atoms with E-state index in [1.807, 2.05) is 13.0 Å². The van der Waals surface area contributed by atoms with E-state index in [-0.39, 0.29) is 0 Å². The van der Waals surface area contributed by atoms with E-state index in [2.05, 4.69) is 25.4 Å². The van der Waals surface area contributed by atoms with E-state index >= 15 is 0 Å². The Kier molecular flexibility index (Phi) is 4.38. The van der Waals surface area contributed by atoms with Gasteiger partial charge in [0.2, 0.25) is 0 Å². The van der Waals surface area contributed by atoms with Crippen LogP contribution in [-0.2, 0) is 0 Å². The first kappa shape index (κ1) is 9.02. The zero-order chi connectivity index (χ0) is 7.98.